The zero-order valence-electron chi connectivity index (χ0n) is 15.6. The predicted molar refractivity (Wildman–Crippen MR) is 107 cm³/mol. The van der Waals surface area contributed by atoms with Crippen LogP contribution in [0.15, 0.2) is 67.0 Å². The minimum Gasteiger partial charge on any atom is -0.487 e. The number of aromatic nitrogens is 1. The van der Waals surface area contributed by atoms with E-state index in [9.17, 15) is 9.90 Å². The third kappa shape index (κ3) is 3.59. The molecule has 0 aliphatic carbocycles. The standard InChI is InChI=1S/C22H22N2O4/c1-27-15-16-7-9-17(10-8-16)28-18-13-24(14-18)20-6-4-5-19(22(25)26)21(20)23-11-2-3-12-23/h2-12,18H,13-15H2,1H3,(H,25,26). The van der Waals surface area contributed by atoms with Gasteiger partial charge in [0.15, 0.2) is 0 Å². The lowest BCUT2D eigenvalue weighted by Gasteiger charge is -2.41. The number of benzene rings is 2. The molecule has 144 valence electrons. The molecule has 6 nitrogen and oxygen atoms in total. The number of methoxy groups -OCH3 is 1. The highest BCUT2D eigenvalue weighted by atomic mass is 16.5. The third-order valence-electron chi connectivity index (χ3n) is 4.83. The molecule has 1 aliphatic rings. The van der Waals surface area contributed by atoms with Crippen molar-refractivity contribution in [2.75, 3.05) is 25.1 Å². The number of hydrogen-bond donors (Lipinski definition) is 1. The summed E-state index contributed by atoms with van der Waals surface area (Å²) in [5.41, 5.74) is 2.97. The summed E-state index contributed by atoms with van der Waals surface area (Å²) < 4.78 is 13.0. The molecule has 0 bridgehead atoms. The number of carboxylic acids is 1. The summed E-state index contributed by atoms with van der Waals surface area (Å²) in [6, 6.07) is 17.0. The van der Waals surface area contributed by atoms with Gasteiger partial charge in [-0.2, -0.15) is 0 Å². The molecular formula is C22H22N2O4. The Balaban J connectivity index is 1.48. The molecule has 0 saturated carbocycles. The monoisotopic (exact) mass is 378 g/mol. The zero-order valence-corrected chi connectivity index (χ0v) is 15.6. The highest BCUT2D eigenvalue weighted by molar-refractivity contribution is 5.95. The first-order valence-corrected chi connectivity index (χ1v) is 9.15. The lowest BCUT2D eigenvalue weighted by Crippen LogP contribution is -2.54. The Morgan fingerprint density at radius 2 is 1.79 bits per heavy atom. The zero-order chi connectivity index (χ0) is 19.5. The Morgan fingerprint density at radius 3 is 2.43 bits per heavy atom. The molecule has 0 atom stereocenters. The molecule has 0 unspecified atom stereocenters. The molecule has 4 rings (SSSR count). The maximum Gasteiger partial charge on any atom is 0.337 e. The van der Waals surface area contributed by atoms with Crippen LogP contribution in [0.25, 0.3) is 5.69 Å². The number of carbonyl (C=O) groups is 1. The van der Waals surface area contributed by atoms with Crippen LogP contribution in [0.2, 0.25) is 0 Å². The lowest BCUT2D eigenvalue weighted by atomic mass is 10.1. The number of aromatic carboxylic acids is 1. The molecule has 3 aromatic rings. The molecule has 1 fully saturated rings. The van der Waals surface area contributed by atoms with Crippen molar-refractivity contribution in [2.45, 2.75) is 12.7 Å². The summed E-state index contributed by atoms with van der Waals surface area (Å²) in [5, 5.41) is 9.60. The van der Waals surface area contributed by atoms with Gasteiger partial charge in [0.2, 0.25) is 0 Å². The van der Waals surface area contributed by atoms with Gasteiger partial charge in [-0.05, 0) is 42.0 Å². The van der Waals surface area contributed by atoms with Crippen LogP contribution in [-0.2, 0) is 11.3 Å². The molecule has 28 heavy (non-hydrogen) atoms. The summed E-state index contributed by atoms with van der Waals surface area (Å²) in [6.45, 7) is 1.99. The van der Waals surface area contributed by atoms with Crippen molar-refractivity contribution >= 4 is 11.7 Å². The average Bonchev–Trinajstić information content (AvgIpc) is 3.19. The Labute approximate surface area is 163 Å². The number of anilines is 1. The molecule has 0 radical (unpaired) electrons. The van der Waals surface area contributed by atoms with Gasteiger partial charge in [-0.1, -0.05) is 18.2 Å². The van der Waals surface area contributed by atoms with Crippen LogP contribution in [0.4, 0.5) is 5.69 Å². The molecule has 1 aliphatic heterocycles. The van der Waals surface area contributed by atoms with E-state index in [-0.39, 0.29) is 11.7 Å². The molecule has 0 amide bonds. The number of nitrogens with zero attached hydrogens (tertiary/aromatic N) is 2. The normalized spacial score (nSPS) is 14.0. The number of hydrogen-bond acceptors (Lipinski definition) is 4. The number of rotatable bonds is 7. The van der Waals surface area contributed by atoms with Crippen molar-refractivity contribution in [3.8, 4) is 11.4 Å². The van der Waals surface area contributed by atoms with E-state index in [0.29, 0.717) is 25.4 Å². The first kappa shape index (κ1) is 18.1. The first-order chi connectivity index (χ1) is 13.7. The van der Waals surface area contributed by atoms with Gasteiger partial charge in [0, 0.05) is 19.5 Å². The molecule has 1 aromatic heterocycles. The van der Waals surface area contributed by atoms with E-state index >= 15 is 0 Å². The van der Waals surface area contributed by atoms with E-state index in [1.54, 1.807) is 19.2 Å². The van der Waals surface area contributed by atoms with Gasteiger partial charge < -0.3 is 24.0 Å². The predicted octanol–water partition coefficient (Wildman–Crippen LogP) is 3.59. The smallest absolute Gasteiger partial charge is 0.337 e. The van der Waals surface area contributed by atoms with Crippen LogP contribution in [0.3, 0.4) is 0 Å². The van der Waals surface area contributed by atoms with Gasteiger partial charge in [-0.15, -0.1) is 0 Å². The minimum absolute atomic E-state index is 0.0688. The fourth-order valence-corrected chi connectivity index (χ4v) is 3.45. The Morgan fingerprint density at radius 1 is 1.07 bits per heavy atom. The van der Waals surface area contributed by atoms with Gasteiger partial charge in [0.25, 0.3) is 0 Å². The highest BCUT2D eigenvalue weighted by Crippen LogP contribution is 2.32. The summed E-state index contributed by atoms with van der Waals surface area (Å²) in [6.07, 6.45) is 3.79. The fraction of sp³-hybridized carbons (Fsp3) is 0.227. The second kappa shape index (κ2) is 7.78. The molecule has 2 aromatic carbocycles. The quantitative estimate of drug-likeness (QED) is 0.681. The van der Waals surface area contributed by atoms with E-state index < -0.39 is 5.97 Å². The van der Waals surface area contributed by atoms with Crippen LogP contribution in [-0.4, -0.2) is 41.9 Å². The van der Waals surface area contributed by atoms with E-state index in [0.717, 1.165) is 17.0 Å². The van der Waals surface area contributed by atoms with Crippen LogP contribution in [0.1, 0.15) is 15.9 Å². The summed E-state index contributed by atoms with van der Waals surface area (Å²) in [5.74, 6) is -0.107. The van der Waals surface area contributed by atoms with Gasteiger partial charge in [-0.3, -0.25) is 0 Å². The second-order valence-corrected chi connectivity index (χ2v) is 6.79. The Bertz CT molecular complexity index is 945. The lowest BCUT2D eigenvalue weighted by molar-refractivity contribution is 0.0697. The van der Waals surface area contributed by atoms with Crippen molar-refractivity contribution in [2.24, 2.45) is 0 Å². The number of carboxylic acid groups (broad SMARTS) is 1. The Hall–Kier alpha value is -3.25. The topological polar surface area (TPSA) is 63.9 Å². The maximum atomic E-state index is 11.7. The van der Waals surface area contributed by atoms with Crippen molar-refractivity contribution in [3.05, 3.63) is 78.1 Å². The largest absolute Gasteiger partial charge is 0.487 e. The van der Waals surface area contributed by atoms with Gasteiger partial charge in [-0.25, -0.2) is 4.79 Å². The third-order valence-corrected chi connectivity index (χ3v) is 4.83. The first-order valence-electron chi connectivity index (χ1n) is 9.15. The summed E-state index contributed by atoms with van der Waals surface area (Å²) in [4.78, 5) is 13.9. The summed E-state index contributed by atoms with van der Waals surface area (Å²) >= 11 is 0. The highest BCUT2D eigenvalue weighted by Gasteiger charge is 2.31. The molecular weight excluding hydrogens is 356 g/mol. The molecule has 1 saturated heterocycles. The van der Waals surface area contributed by atoms with Crippen molar-refractivity contribution < 1.29 is 19.4 Å². The number of ether oxygens (including phenoxy) is 2. The van der Waals surface area contributed by atoms with Crippen LogP contribution < -0.4 is 9.64 Å². The minimum atomic E-state index is -0.935. The van der Waals surface area contributed by atoms with Crippen molar-refractivity contribution in [1.82, 2.24) is 4.57 Å². The molecule has 2 heterocycles. The summed E-state index contributed by atoms with van der Waals surface area (Å²) in [7, 11) is 1.68. The van der Waals surface area contributed by atoms with E-state index in [1.807, 2.05) is 59.4 Å². The fourth-order valence-electron chi connectivity index (χ4n) is 3.45. The van der Waals surface area contributed by atoms with Crippen molar-refractivity contribution in [3.63, 3.8) is 0 Å². The van der Waals surface area contributed by atoms with Crippen molar-refractivity contribution in [1.29, 1.82) is 0 Å². The van der Waals surface area contributed by atoms with Gasteiger partial charge >= 0.3 is 5.97 Å². The molecule has 6 heteroatoms. The molecule has 0 spiro atoms. The van der Waals surface area contributed by atoms with E-state index in [4.69, 9.17) is 9.47 Å². The molecule has 1 N–H and O–H groups in total. The second-order valence-electron chi connectivity index (χ2n) is 6.79. The van der Waals surface area contributed by atoms with E-state index in [1.165, 1.54) is 0 Å². The average molecular weight is 378 g/mol. The van der Waals surface area contributed by atoms with Gasteiger partial charge in [0.05, 0.1) is 36.6 Å². The van der Waals surface area contributed by atoms with Gasteiger partial charge in [0.1, 0.15) is 11.9 Å². The maximum absolute atomic E-state index is 11.7. The van der Waals surface area contributed by atoms with Crippen LogP contribution in [0.5, 0.6) is 5.75 Å². The Kier molecular flexibility index (Phi) is 5.04. The van der Waals surface area contributed by atoms with Crippen LogP contribution in [0, 0.1) is 0 Å². The SMILES string of the molecule is COCc1ccc(OC2CN(c3cccc(C(=O)O)c3-n3cccc3)C2)cc1. The number of para-hydroxylation sites is 1. The van der Waals surface area contributed by atoms with Crippen LogP contribution >= 0.6 is 0 Å². The van der Waals surface area contributed by atoms with E-state index in [2.05, 4.69) is 4.90 Å².